The van der Waals surface area contributed by atoms with E-state index in [0.29, 0.717) is 0 Å². The highest BCUT2D eigenvalue weighted by Crippen LogP contribution is 2.53. The van der Waals surface area contributed by atoms with Crippen LogP contribution in [-0.2, 0) is 9.53 Å². The molecule has 2 N–H and O–H groups in total. The zero-order chi connectivity index (χ0) is 9.53. The molecule has 3 aliphatic carbocycles. The van der Waals surface area contributed by atoms with Crippen LogP contribution in [0.5, 0.6) is 0 Å². The molecule has 0 aromatic rings. The van der Waals surface area contributed by atoms with Crippen molar-refractivity contribution in [2.45, 2.75) is 44.1 Å². The van der Waals surface area contributed by atoms with Gasteiger partial charge in [-0.15, -0.1) is 0 Å². The summed E-state index contributed by atoms with van der Waals surface area (Å²) in [5, 5.41) is 0. The number of carbonyl (C=O) groups excluding carboxylic acids is 1. The van der Waals surface area contributed by atoms with Crippen LogP contribution in [0, 0.1) is 5.41 Å². The smallest absolute Gasteiger partial charge is 0.223 e. The van der Waals surface area contributed by atoms with Crippen molar-refractivity contribution in [1.29, 1.82) is 0 Å². The maximum atomic E-state index is 11.3. The molecule has 3 rings (SSSR count). The summed E-state index contributed by atoms with van der Waals surface area (Å²) in [4.78, 5) is 11.3. The number of amides is 1. The van der Waals surface area contributed by atoms with Gasteiger partial charge in [0.25, 0.3) is 0 Å². The summed E-state index contributed by atoms with van der Waals surface area (Å²) < 4.78 is 5.54. The number of fused-ring (bicyclic) bond motifs is 3. The molecule has 0 atom stereocenters. The highest BCUT2D eigenvalue weighted by Gasteiger charge is 2.51. The Hall–Kier alpha value is -0.570. The zero-order valence-corrected chi connectivity index (χ0v) is 8.14. The van der Waals surface area contributed by atoms with Gasteiger partial charge in [0.05, 0.1) is 5.60 Å². The van der Waals surface area contributed by atoms with Crippen LogP contribution < -0.4 is 5.73 Å². The van der Waals surface area contributed by atoms with Crippen molar-refractivity contribution >= 4 is 5.91 Å². The van der Waals surface area contributed by atoms with Crippen molar-refractivity contribution in [3.8, 4) is 0 Å². The summed E-state index contributed by atoms with van der Waals surface area (Å²) in [5.74, 6) is -0.100. The van der Waals surface area contributed by atoms with Crippen LogP contribution in [0.25, 0.3) is 0 Å². The Morgan fingerprint density at radius 3 is 1.92 bits per heavy atom. The number of rotatable bonds is 2. The minimum Gasteiger partial charge on any atom is -0.378 e. The first-order valence-electron chi connectivity index (χ1n) is 4.98. The average Bonchev–Trinajstić information content (AvgIpc) is 2.20. The molecule has 1 amide bonds. The van der Waals surface area contributed by atoms with Crippen LogP contribution in [0.3, 0.4) is 0 Å². The molecule has 3 heteroatoms. The Kier molecular flexibility index (Phi) is 1.88. The Morgan fingerprint density at radius 2 is 1.62 bits per heavy atom. The molecule has 0 radical (unpaired) electrons. The second-order valence-electron chi connectivity index (χ2n) is 4.53. The fourth-order valence-corrected chi connectivity index (χ4v) is 2.83. The molecule has 3 saturated carbocycles. The number of hydrogen-bond donors (Lipinski definition) is 1. The van der Waals surface area contributed by atoms with Gasteiger partial charge in [0, 0.05) is 12.5 Å². The molecule has 74 valence electrons. The van der Waals surface area contributed by atoms with Gasteiger partial charge in [-0.1, -0.05) is 0 Å². The number of primary amides is 1. The summed E-state index contributed by atoms with van der Waals surface area (Å²) in [6.45, 7) is 0. The van der Waals surface area contributed by atoms with Crippen molar-refractivity contribution in [2.24, 2.45) is 11.1 Å². The first-order chi connectivity index (χ1) is 6.13. The lowest BCUT2D eigenvalue weighted by molar-refractivity contribution is -0.149. The van der Waals surface area contributed by atoms with Gasteiger partial charge in [-0.2, -0.15) is 0 Å². The maximum Gasteiger partial charge on any atom is 0.223 e. The standard InChI is InChI=1S/C10H17NO2/c1-13-10-5-2-9(3-6-10,4-7-10)8(11)12/h2-7H2,1H3,(H2,11,12). The average molecular weight is 183 g/mol. The first kappa shape index (κ1) is 9.00. The van der Waals surface area contributed by atoms with Gasteiger partial charge >= 0.3 is 0 Å². The van der Waals surface area contributed by atoms with E-state index >= 15 is 0 Å². The van der Waals surface area contributed by atoms with Crippen LogP contribution >= 0.6 is 0 Å². The molecular weight excluding hydrogens is 166 g/mol. The van der Waals surface area contributed by atoms with Gasteiger partial charge in [0.15, 0.2) is 0 Å². The minimum atomic E-state index is -0.180. The van der Waals surface area contributed by atoms with Gasteiger partial charge in [0.2, 0.25) is 5.91 Å². The van der Waals surface area contributed by atoms with Gasteiger partial charge in [-0.25, -0.2) is 0 Å². The van der Waals surface area contributed by atoms with Gasteiger partial charge in [-0.05, 0) is 38.5 Å². The largest absolute Gasteiger partial charge is 0.378 e. The number of hydrogen-bond acceptors (Lipinski definition) is 2. The fraction of sp³-hybridized carbons (Fsp3) is 0.900. The molecule has 3 nitrogen and oxygen atoms in total. The highest BCUT2D eigenvalue weighted by molar-refractivity contribution is 5.81. The summed E-state index contributed by atoms with van der Waals surface area (Å²) in [5.41, 5.74) is 5.34. The van der Waals surface area contributed by atoms with E-state index in [4.69, 9.17) is 10.5 Å². The third kappa shape index (κ3) is 1.17. The molecule has 0 saturated heterocycles. The summed E-state index contributed by atoms with van der Waals surface area (Å²) in [6, 6.07) is 0. The number of nitrogens with two attached hydrogens (primary N) is 1. The summed E-state index contributed by atoms with van der Waals surface area (Å²) in [6.07, 6.45) is 5.80. The zero-order valence-electron chi connectivity index (χ0n) is 8.14. The lowest BCUT2D eigenvalue weighted by Crippen LogP contribution is -2.52. The maximum absolute atomic E-state index is 11.3. The first-order valence-corrected chi connectivity index (χ1v) is 4.98. The van der Waals surface area contributed by atoms with Crippen molar-refractivity contribution in [2.75, 3.05) is 7.11 Å². The molecule has 0 aliphatic heterocycles. The minimum absolute atomic E-state index is 0.0806. The lowest BCUT2D eigenvalue weighted by atomic mass is 9.58. The predicted octanol–water partition coefficient (Wildman–Crippen LogP) is 1.21. The molecule has 3 fully saturated rings. The second-order valence-corrected chi connectivity index (χ2v) is 4.53. The van der Waals surface area contributed by atoms with E-state index in [2.05, 4.69) is 0 Å². The van der Waals surface area contributed by atoms with E-state index in [9.17, 15) is 4.79 Å². The molecular formula is C10H17NO2. The molecule has 0 unspecified atom stereocenters. The van der Waals surface area contributed by atoms with E-state index in [-0.39, 0.29) is 16.9 Å². The molecule has 0 aromatic carbocycles. The Labute approximate surface area is 78.6 Å². The normalized spacial score (nSPS) is 43.5. The summed E-state index contributed by atoms with van der Waals surface area (Å²) >= 11 is 0. The second kappa shape index (κ2) is 2.71. The molecule has 2 bridgehead atoms. The Morgan fingerprint density at radius 1 is 1.15 bits per heavy atom. The molecule has 0 aromatic heterocycles. The van der Waals surface area contributed by atoms with E-state index in [0.717, 1.165) is 38.5 Å². The SMILES string of the molecule is COC12CCC(C(N)=O)(CC1)CC2. The highest BCUT2D eigenvalue weighted by atomic mass is 16.5. The van der Waals surface area contributed by atoms with Crippen LogP contribution in [0.15, 0.2) is 0 Å². The molecule has 0 spiro atoms. The molecule has 3 aliphatic rings. The quantitative estimate of drug-likeness (QED) is 0.699. The Balaban J connectivity index is 2.16. The van der Waals surface area contributed by atoms with E-state index in [1.54, 1.807) is 7.11 Å². The Bertz CT molecular complexity index is 213. The number of carbonyl (C=O) groups is 1. The molecule has 0 heterocycles. The van der Waals surface area contributed by atoms with Crippen LogP contribution in [0.4, 0.5) is 0 Å². The fourth-order valence-electron chi connectivity index (χ4n) is 2.83. The topological polar surface area (TPSA) is 52.3 Å². The van der Waals surface area contributed by atoms with Crippen molar-refractivity contribution in [3.05, 3.63) is 0 Å². The van der Waals surface area contributed by atoms with Crippen molar-refractivity contribution < 1.29 is 9.53 Å². The van der Waals surface area contributed by atoms with Crippen LogP contribution in [0.1, 0.15) is 38.5 Å². The van der Waals surface area contributed by atoms with Crippen LogP contribution in [0.2, 0.25) is 0 Å². The summed E-state index contributed by atoms with van der Waals surface area (Å²) in [7, 11) is 1.78. The van der Waals surface area contributed by atoms with Gasteiger partial charge in [0.1, 0.15) is 0 Å². The van der Waals surface area contributed by atoms with E-state index in [1.165, 1.54) is 0 Å². The monoisotopic (exact) mass is 183 g/mol. The van der Waals surface area contributed by atoms with Crippen LogP contribution in [-0.4, -0.2) is 18.6 Å². The van der Waals surface area contributed by atoms with Gasteiger partial charge in [-0.3, -0.25) is 4.79 Å². The van der Waals surface area contributed by atoms with Gasteiger partial charge < -0.3 is 10.5 Å². The van der Waals surface area contributed by atoms with E-state index in [1.807, 2.05) is 0 Å². The van der Waals surface area contributed by atoms with Crippen molar-refractivity contribution in [1.82, 2.24) is 0 Å². The number of methoxy groups -OCH3 is 1. The van der Waals surface area contributed by atoms with Crippen molar-refractivity contribution in [3.63, 3.8) is 0 Å². The van der Waals surface area contributed by atoms with E-state index < -0.39 is 0 Å². The third-order valence-corrected chi connectivity index (χ3v) is 4.13. The lowest BCUT2D eigenvalue weighted by Gasteiger charge is -2.51. The molecule has 13 heavy (non-hydrogen) atoms. The third-order valence-electron chi connectivity index (χ3n) is 4.13. The number of ether oxygens (including phenoxy) is 1. The predicted molar refractivity (Wildman–Crippen MR) is 49.1 cm³/mol.